The van der Waals surface area contributed by atoms with E-state index < -0.39 is 0 Å². The van der Waals surface area contributed by atoms with Crippen molar-refractivity contribution in [3.05, 3.63) is 35.6 Å². The highest BCUT2D eigenvalue weighted by molar-refractivity contribution is 5.74. The molecule has 2 amide bonds. The van der Waals surface area contributed by atoms with Crippen LogP contribution in [0.15, 0.2) is 24.3 Å². The Balaban J connectivity index is 1.68. The number of urea groups is 1. The van der Waals surface area contributed by atoms with Gasteiger partial charge in [-0.25, -0.2) is 9.18 Å². The molecule has 1 aromatic rings. The van der Waals surface area contributed by atoms with E-state index in [1.54, 1.807) is 12.1 Å². The maximum Gasteiger partial charge on any atom is 0.315 e. The van der Waals surface area contributed by atoms with Crippen LogP contribution >= 0.6 is 0 Å². The Labute approximate surface area is 132 Å². The molecule has 1 fully saturated rings. The molecular weight excluding hydrogens is 281 g/mol. The van der Waals surface area contributed by atoms with E-state index >= 15 is 0 Å². The van der Waals surface area contributed by atoms with Gasteiger partial charge in [0, 0.05) is 25.7 Å². The van der Waals surface area contributed by atoms with Crippen molar-refractivity contribution in [1.82, 2.24) is 15.5 Å². The van der Waals surface area contributed by atoms with Crippen molar-refractivity contribution in [2.24, 2.45) is 5.92 Å². The van der Waals surface area contributed by atoms with E-state index in [1.165, 1.54) is 25.0 Å². The van der Waals surface area contributed by atoms with Crippen LogP contribution in [0.2, 0.25) is 0 Å². The number of hydrogen-bond donors (Lipinski definition) is 2. The first-order valence-electron chi connectivity index (χ1n) is 8.04. The lowest BCUT2D eigenvalue weighted by molar-refractivity contribution is 0.169. The topological polar surface area (TPSA) is 44.4 Å². The molecule has 0 bridgehead atoms. The fourth-order valence-corrected chi connectivity index (χ4v) is 2.94. The summed E-state index contributed by atoms with van der Waals surface area (Å²) in [5, 5.41) is 5.76. The summed E-state index contributed by atoms with van der Waals surface area (Å²) in [6.07, 6.45) is 2.54. The highest BCUT2D eigenvalue weighted by Gasteiger charge is 2.18. The largest absolute Gasteiger partial charge is 0.334 e. The molecule has 1 heterocycles. The second kappa shape index (κ2) is 8.13. The summed E-state index contributed by atoms with van der Waals surface area (Å²) in [6.45, 7) is 7.82. The van der Waals surface area contributed by atoms with Crippen molar-refractivity contribution in [3.8, 4) is 0 Å². The average Bonchev–Trinajstić information content (AvgIpc) is 2.46. The summed E-state index contributed by atoms with van der Waals surface area (Å²) in [7, 11) is 0. The maximum atomic E-state index is 12.8. The van der Waals surface area contributed by atoms with Gasteiger partial charge in [0.2, 0.25) is 0 Å². The van der Waals surface area contributed by atoms with Crippen LogP contribution in [0.3, 0.4) is 0 Å². The van der Waals surface area contributed by atoms with Crippen molar-refractivity contribution < 1.29 is 9.18 Å². The first-order valence-corrected chi connectivity index (χ1v) is 8.04. The zero-order valence-corrected chi connectivity index (χ0v) is 13.4. The van der Waals surface area contributed by atoms with Gasteiger partial charge in [-0.2, -0.15) is 0 Å². The smallest absolute Gasteiger partial charge is 0.315 e. The van der Waals surface area contributed by atoms with Gasteiger partial charge < -0.3 is 15.5 Å². The van der Waals surface area contributed by atoms with Crippen LogP contribution in [-0.4, -0.2) is 36.6 Å². The number of halogens is 1. The standard InChI is InChI=1S/C17H26FN3O/c1-13-4-3-9-21(11-13)12-14(2)20-17(22)19-10-15-5-7-16(18)8-6-15/h5-8,13-14H,3-4,9-12H2,1-2H3,(H2,19,20,22)/t13-,14-/m1/s1. The van der Waals surface area contributed by atoms with Crippen LogP contribution in [0.4, 0.5) is 9.18 Å². The molecule has 0 aromatic heterocycles. The number of carbonyl (C=O) groups is 1. The number of benzene rings is 1. The van der Waals surface area contributed by atoms with E-state index in [4.69, 9.17) is 0 Å². The lowest BCUT2D eigenvalue weighted by Gasteiger charge is -2.32. The van der Waals surface area contributed by atoms with Gasteiger partial charge in [-0.05, 0) is 49.9 Å². The van der Waals surface area contributed by atoms with Crippen LogP contribution < -0.4 is 10.6 Å². The number of likely N-dealkylation sites (tertiary alicyclic amines) is 1. The molecule has 1 aromatic carbocycles. The summed E-state index contributed by atoms with van der Waals surface area (Å²) in [6, 6.07) is 6.08. The Morgan fingerprint density at radius 1 is 1.41 bits per heavy atom. The summed E-state index contributed by atoms with van der Waals surface area (Å²) in [5.41, 5.74) is 0.883. The van der Waals surface area contributed by atoms with Crippen LogP contribution in [0.25, 0.3) is 0 Å². The monoisotopic (exact) mass is 307 g/mol. The van der Waals surface area contributed by atoms with E-state index in [0.29, 0.717) is 6.54 Å². The normalized spacial score (nSPS) is 20.4. The van der Waals surface area contributed by atoms with Crippen LogP contribution in [0.5, 0.6) is 0 Å². The zero-order valence-electron chi connectivity index (χ0n) is 13.4. The molecule has 122 valence electrons. The van der Waals surface area contributed by atoms with Crippen LogP contribution in [0.1, 0.15) is 32.3 Å². The Kier molecular flexibility index (Phi) is 6.19. The van der Waals surface area contributed by atoms with Gasteiger partial charge in [0.05, 0.1) is 0 Å². The second-order valence-corrected chi connectivity index (χ2v) is 6.36. The molecule has 0 unspecified atom stereocenters. The molecule has 1 aliphatic heterocycles. The number of hydrogen-bond acceptors (Lipinski definition) is 2. The fraction of sp³-hybridized carbons (Fsp3) is 0.588. The number of rotatable bonds is 5. The van der Waals surface area contributed by atoms with Crippen molar-refractivity contribution >= 4 is 6.03 Å². The molecule has 5 heteroatoms. The number of nitrogens with one attached hydrogen (secondary N) is 2. The van der Waals surface area contributed by atoms with Gasteiger partial charge in [0.1, 0.15) is 5.82 Å². The lowest BCUT2D eigenvalue weighted by Crippen LogP contribution is -2.47. The molecule has 4 nitrogen and oxygen atoms in total. The minimum atomic E-state index is -0.266. The van der Waals surface area contributed by atoms with Gasteiger partial charge in [-0.1, -0.05) is 19.1 Å². The van der Waals surface area contributed by atoms with E-state index in [9.17, 15) is 9.18 Å². The first-order chi connectivity index (χ1) is 10.5. The number of nitrogens with zero attached hydrogens (tertiary/aromatic N) is 1. The molecule has 2 rings (SSSR count). The minimum Gasteiger partial charge on any atom is -0.334 e. The summed E-state index contributed by atoms with van der Waals surface area (Å²) < 4.78 is 12.8. The van der Waals surface area contributed by atoms with Gasteiger partial charge in [-0.3, -0.25) is 0 Å². The van der Waals surface area contributed by atoms with E-state index in [2.05, 4.69) is 22.5 Å². The van der Waals surface area contributed by atoms with Gasteiger partial charge >= 0.3 is 6.03 Å². The highest BCUT2D eigenvalue weighted by Crippen LogP contribution is 2.15. The quantitative estimate of drug-likeness (QED) is 0.878. The van der Waals surface area contributed by atoms with Crippen molar-refractivity contribution in [2.45, 2.75) is 39.3 Å². The predicted octanol–water partition coefficient (Wildman–Crippen LogP) is 2.75. The van der Waals surface area contributed by atoms with Crippen molar-refractivity contribution in [2.75, 3.05) is 19.6 Å². The molecule has 0 saturated carbocycles. The van der Waals surface area contributed by atoms with Crippen molar-refractivity contribution in [3.63, 3.8) is 0 Å². The number of piperidine rings is 1. The minimum absolute atomic E-state index is 0.110. The molecular formula is C17H26FN3O. The molecule has 0 spiro atoms. The first kappa shape index (κ1) is 16.7. The van der Waals surface area contributed by atoms with Gasteiger partial charge in [0.25, 0.3) is 0 Å². The molecule has 1 aliphatic rings. The zero-order chi connectivity index (χ0) is 15.9. The van der Waals surface area contributed by atoms with Gasteiger partial charge in [0.15, 0.2) is 0 Å². The predicted molar refractivity (Wildman–Crippen MR) is 86.1 cm³/mol. The fourth-order valence-electron chi connectivity index (χ4n) is 2.94. The third-order valence-corrected chi connectivity index (χ3v) is 4.02. The third kappa shape index (κ3) is 5.64. The molecule has 2 atom stereocenters. The Morgan fingerprint density at radius 3 is 2.82 bits per heavy atom. The van der Waals surface area contributed by atoms with E-state index in [0.717, 1.165) is 31.1 Å². The Bertz CT molecular complexity index is 477. The number of amides is 2. The third-order valence-electron chi connectivity index (χ3n) is 4.02. The molecule has 1 saturated heterocycles. The molecule has 22 heavy (non-hydrogen) atoms. The average molecular weight is 307 g/mol. The molecule has 0 aliphatic carbocycles. The second-order valence-electron chi connectivity index (χ2n) is 6.36. The molecule has 0 radical (unpaired) electrons. The summed E-state index contributed by atoms with van der Waals surface area (Å²) >= 11 is 0. The Hall–Kier alpha value is -1.62. The van der Waals surface area contributed by atoms with Crippen molar-refractivity contribution in [1.29, 1.82) is 0 Å². The van der Waals surface area contributed by atoms with Crippen LogP contribution in [-0.2, 0) is 6.54 Å². The Morgan fingerprint density at radius 2 is 2.14 bits per heavy atom. The van der Waals surface area contributed by atoms with E-state index in [1.807, 2.05) is 6.92 Å². The lowest BCUT2D eigenvalue weighted by atomic mass is 10.00. The van der Waals surface area contributed by atoms with Crippen LogP contribution in [0, 0.1) is 11.7 Å². The summed E-state index contributed by atoms with van der Waals surface area (Å²) in [4.78, 5) is 14.3. The van der Waals surface area contributed by atoms with Gasteiger partial charge in [-0.15, -0.1) is 0 Å². The molecule has 2 N–H and O–H groups in total. The maximum absolute atomic E-state index is 12.8. The number of carbonyl (C=O) groups excluding carboxylic acids is 1. The highest BCUT2D eigenvalue weighted by atomic mass is 19.1. The summed E-state index contributed by atoms with van der Waals surface area (Å²) in [5.74, 6) is 0.478. The van der Waals surface area contributed by atoms with E-state index in [-0.39, 0.29) is 17.9 Å². The SMILES string of the molecule is C[C@@H]1CCCN(C[C@@H](C)NC(=O)NCc2ccc(F)cc2)C1.